The van der Waals surface area contributed by atoms with Gasteiger partial charge in [0.1, 0.15) is 5.75 Å². The first kappa shape index (κ1) is 26.9. The quantitative estimate of drug-likeness (QED) is 0.431. The summed E-state index contributed by atoms with van der Waals surface area (Å²) in [6.45, 7) is 4.87. The highest BCUT2D eigenvalue weighted by Gasteiger charge is 2.37. The summed E-state index contributed by atoms with van der Waals surface area (Å²) in [5, 5.41) is 13.1. The van der Waals surface area contributed by atoms with Gasteiger partial charge in [0.2, 0.25) is 11.8 Å². The van der Waals surface area contributed by atoms with Crippen LogP contribution in [0.1, 0.15) is 55.1 Å². The summed E-state index contributed by atoms with van der Waals surface area (Å²) in [6.07, 6.45) is 1.40. The lowest BCUT2D eigenvalue weighted by Gasteiger charge is -2.39. The van der Waals surface area contributed by atoms with Crippen molar-refractivity contribution in [3.05, 3.63) is 58.6 Å². The Kier molecular flexibility index (Phi) is 9.46. The van der Waals surface area contributed by atoms with E-state index < -0.39 is 11.9 Å². The first-order chi connectivity index (χ1) is 16.7. The van der Waals surface area contributed by atoms with E-state index in [0.29, 0.717) is 28.9 Å². The second-order valence-corrected chi connectivity index (χ2v) is 10.9. The van der Waals surface area contributed by atoms with E-state index >= 15 is 0 Å². The lowest BCUT2D eigenvalue weighted by atomic mass is 9.86. The minimum Gasteiger partial charge on any atom is -0.495 e. The van der Waals surface area contributed by atoms with Crippen LogP contribution in [0.2, 0.25) is 5.02 Å². The van der Waals surface area contributed by atoms with Crippen LogP contribution in [0, 0.1) is 5.92 Å². The Morgan fingerprint density at radius 3 is 2.54 bits per heavy atom. The van der Waals surface area contributed by atoms with Crippen molar-refractivity contribution in [2.75, 3.05) is 24.7 Å². The Morgan fingerprint density at radius 1 is 1.20 bits per heavy atom. The number of rotatable bonds is 10. The van der Waals surface area contributed by atoms with Crippen molar-refractivity contribution < 1.29 is 24.2 Å². The number of carboxylic acid groups (broad SMARTS) is 1. The monoisotopic (exact) mass is 518 g/mol. The van der Waals surface area contributed by atoms with Gasteiger partial charge in [-0.25, -0.2) is 4.79 Å². The van der Waals surface area contributed by atoms with Crippen molar-refractivity contribution in [1.29, 1.82) is 0 Å². The molecular formula is C26H31ClN2O5S. The van der Waals surface area contributed by atoms with Crippen molar-refractivity contribution in [2.24, 2.45) is 5.92 Å². The lowest BCUT2D eigenvalue weighted by molar-refractivity contribution is -0.143. The van der Waals surface area contributed by atoms with Gasteiger partial charge in [0, 0.05) is 29.7 Å². The molecule has 0 spiro atoms. The van der Waals surface area contributed by atoms with E-state index in [0.717, 1.165) is 17.7 Å². The number of halogens is 1. The zero-order chi connectivity index (χ0) is 25.5. The highest BCUT2D eigenvalue weighted by molar-refractivity contribution is 7.99. The third kappa shape index (κ3) is 7.15. The summed E-state index contributed by atoms with van der Waals surface area (Å²) < 4.78 is 5.24. The van der Waals surface area contributed by atoms with Crippen molar-refractivity contribution >= 4 is 46.8 Å². The number of nitrogens with one attached hydrogen (secondary N) is 1. The molecule has 1 fully saturated rings. The number of hydrogen-bond acceptors (Lipinski definition) is 5. The van der Waals surface area contributed by atoms with Gasteiger partial charge in [-0.2, -0.15) is 11.8 Å². The van der Waals surface area contributed by atoms with Crippen LogP contribution in [0.4, 0.5) is 5.69 Å². The molecule has 0 saturated carbocycles. The number of piperidine rings is 1. The molecule has 2 amide bonds. The third-order valence-electron chi connectivity index (χ3n) is 5.99. The van der Waals surface area contributed by atoms with Crippen molar-refractivity contribution in [3.63, 3.8) is 0 Å². The highest BCUT2D eigenvalue weighted by Crippen LogP contribution is 2.36. The topological polar surface area (TPSA) is 95.9 Å². The van der Waals surface area contributed by atoms with Crippen LogP contribution in [0.25, 0.3) is 0 Å². The van der Waals surface area contributed by atoms with Crippen LogP contribution in [0.5, 0.6) is 5.75 Å². The Bertz CT molecular complexity index is 1060. The van der Waals surface area contributed by atoms with Gasteiger partial charge in [0.25, 0.3) is 0 Å². The molecule has 2 unspecified atom stereocenters. The summed E-state index contributed by atoms with van der Waals surface area (Å²) in [7, 11) is 1.41. The van der Waals surface area contributed by atoms with Gasteiger partial charge in [0.05, 0.1) is 24.4 Å². The summed E-state index contributed by atoms with van der Waals surface area (Å²) in [5.74, 6) is -0.773. The average Bonchev–Trinajstić information content (AvgIpc) is 2.82. The van der Waals surface area contributed by atoms with Crippen LogP contribution in [0.3, 0.4) is 0 Å². The standard InChI is InChI=1S/C26H31ClN2O5S/c1-16(2)35-13-12-29-22(17-4-8-20(27)9-5-17)11-7-18(25(29)31)15-24(30)28-21-10-6-19(26(32)33)14-23(21)34-3/h4-6,8-10,14,16,18,22H,7,11-13,15H2,1-3H3,(H,28,30)(H,32,33). The first-order valence-electron chi connectivity index (χ1n) is 11.6. The summed E-state index contributed by atoms with van der Waals surface area (Å²) >= 11 is 7.86. The van der Waals surface area contributed by atoms with Gasteiger partial charge < -0.3 is 20.1 Å². The maximum Gasteiger partial charge on any atom is 0.335 e. The third-order valence-corrected chi connectivity index (χ3v) is 7.33. The second kappa shape index (κ2) is 12.3. The number of carbonyl (C=O) groups is 3. The maximum absolute atomic E-state index is 13.5. The molecule has 1 saturated heterocycles. The summed E-state index contributed by atoms with van der Waals surface area (Å²) in [4.78, 5) is 39.4. The van der Waals surface area contributed by atoms with Crippen molar-refractivity contribution in [1.82, 2.24) is 4.90 Å². The number of ether oxygens (including phenoxy) is 1. The predicted octanol–water partition coefficient (Wildman–Crippen LogP) is 5.50. The van der Waals surface area contributed by atoms with E-state index in [9.17, 15) is 14.4 Å². The number of benzene rings is 2. The highest BCUT2D eigenvalue weighted by atomic mass is 35.5. The molecule has 3 rings (SSSR count). The summed E-state index contributed by atoms with van der Waals surface area (Å²) in [6, 6.07) is 11.8. The first-order valence-corrected chi connectivity index (χ1v) is 13.0. The number of hydrogen-bond donors (Lipinski definition) is 2. The van der Waals surface area contributed by atoms with E-state index in [1.54, 1.807) is 11.8 Å². The molecule has 0 aliphatic carbocycles. The number of thioether (sulfide) groups is 1. The fourth-order valence-electron chi connectivity index (χ4n) is 4.25. The van der Waals surface area contributed by atoms with Crippen LogP contribution >= 0.6 is 23.4 Å². The molecule has 35 heavy (non-hydrogen) atoms. The van der Waals surface area contributed by atoms with Gasteiger partial charge in [-0.05, 0) is 54.0 Å². The van der Waals surface area contributed by atoms with E-state index in [2.05, 4.69) is 19.2 Å². The van der Waals surface area contributed by atoms with Crippen LogP contribution in [0.15, 0.2) is 42.5 Å². The van der Waals surface area contributed by atoms with Gasteiger partial charge in [-0.15, -0.1) is 0 Å². The number of nitrogens with zero attached hydrogens (tertiary/aromatic N) is 1. The Hall–Kier alpha value is -2.71. The fourth-order valence-corrected chi connectivity index (χ4v) is 5.15. The molecule has 2 aromatic rings. The molecule has 2 aromatic carbocycles. The van der Waals surface area contributed by atoms with Gasteiger partial charge in [-0.3, -0.25) is 9.59 Å². The molecule has 1 aliphatic heterocycles. The normalized spacial score (nSPS) is 18.0. The van der Waals surface area contributed by atoms with Gasteiger partial charge in [-0.1, -0.05) is 37.6 Å². The smallest absolute Gasteiger partial charge is 0.335 e. The van der Waals surface area contributed by atoms with E-state index in [4.69, 9.17) is 21.4 Å². The molecule has 9 heteroatoms. The number of methoxy groups -OCH3 is 1. The maximum atomic E-state index is 13.5. The predicted molar refractivity (Wildman–Crippen MR) is 139 cm³/mol. The molecular weight excluding hydrogens is 488 g/mol. The molecule has 2 N–H and O–H groups in total. The minimum atomic E-state index is -1.08. The largest absolute Gasteiger partial charge is 0.495 e. The molecule has 188 valence electrons. The molecule has 0 bridgehead atoms. The number of likely N-dealkylation sites (tertiary alicyclic amines) is 1. The number of carbonyl (C=O) groups excluding carboxylic acids is 2. The number of amides is 2. The number of carboxylic acids is 1. The van der Waals surface area contributed by atoms with Crippen molar-refractivity contribution in [3.8, 4) is 5.75 Å². The molecule has 2 atom stereocenters. The molecule has 1 aliphatic rings. The fraction of sp³-hybridized carbons (Fsp3) is 0.423. The Morgan fingerprint density at radius 2 is 1.91 bits per heavy atom. The molecule has 0 radical (unpaired) electrons. The summed E-state index contributed by atoms with van der Waals surface area (Å²) in [5.41, 5.74) is 1.48. The van der Waals surface area contributed by atoms with E-state index in [-0.39, 0.29) is 35.6 Å². The van der Waals surface area contributed by atoms with Crippen LogP contribution < -0.4 is 10.1 Å². The Labute approximate surface area is 215 Å². The van der Waals surface area contributed by atoms with E-state index in [1.165, 1.54) is 25.3 Å². The molecule has 0 aromatic heterocycles. The van der Waals surface area contributed by atoms with Crippen molar-refractivity contribution in [2.45, 2.75) is 44.4 Å². The second-order valence-electron chi connectivity index (χ2n) is 8.77. The number of aromatic carboxylic acids is 1. The van der Waals surface area contributed by atoms with Gasteiger partial charge in [0.15, 0.2) is 0 Å². The number of anilines is 1. The zero-order valence-electron chi connectivity index (χ0n) is 20.1. The molecule has 7 nitrogen and oxygen atoms in total. The van der Waals surface area contributed by atoms with Gasteiger partial charge >= 0.3 is 5.97 Å². The van der Waals surface area contributed by atoms with E-state index in [1.807, 2.05) is 29.2 Å². The molecule has 1 heterocycles. The minimum absolute atomic E-state index is 0.0242. The average molecular weight is 519 g/mol. The SMILES string of the molecule is COc1cc(C(=O)O)ccc1NC(=O)CC1CCC(c2ccc(Cl)cc2)N(CCSC(C)C)C1=O. The lowest BCUT2D eigenvalue weighted by Crippen LogP contribution is -2.45. The van der Waals surface area contributed by atoms with Crippen LogP contribution in [-0.2, 0) is 9.59 Å². The Balaban J connectivity index is 1.72. The zero-order valence-corrected chi connectivity index (χ0v) is 21.7. The van der Waals surface area contributed by atoms with Crippen LogP contribution in [-0.4, -0.2) is 52.4 Å².